The quantitative estimate of drug-likeness (QED) is 0.230. The summed E-state index contributed by atoms with van der Waals surface area (Å²) in [5, 5.41) is 75.9. The van der Waals surface area contributed by atoms with Gasteiger partial charge in [0, 0.05) is 0 Å². The molecule has 136 valence electrons. The molecule has 0 aromatic heterocycles. The number of ether oxygens (including phenoxy) is 3. The minimum absolute atomic E-state index is 0.721. The van der Waals surface area contributed by atoms with Gasteiger partial charge in [-0.3, -0.25) is 0 Å². The highest BCUT2D eigenvalue weighted by Gasteiger charge is 2.52. The van der Waals surface area contributed by atoms with Crippen LogP contribution in [0, 0.1) is 0 Å². The molecule has 0 spiro atoms. The molecule has 0 aromatic carbocycles. The van der Waals surface area contributed by atoms with Crippen molar-refractivity contribution in [3.05, 3.63) is 0 Å². The van der Waals surface area contributed by atoms with Gasteiger partial charge in [0.15, 0.2) is 12.6 Å². The van der Waals surface area contributed by atoms with Gasteiger partial charge in [0.2, 0.25) is 0 Å². The lowest BCUT2D eigenvalue weighted by molar-refractivity contribution is -0.226. The number of aliphatic hydroxyl groups excluding tert-OH is 8. The van der Waals surface area contributed by atoms with Crippen LogP contribution in [-0.4, -0.2) is 115 Å². The molecule has 0 unspecified atom stereocenters. The van der Waals surface area contributed by atoms with Gasteiger partial charge < -0.3 is 55.1 Å². The minimum atomic E-state index is -1.69. The van der Waals surface area contributed by atoms with Crippen LogP contribution in [0.3, 0.4) is 0 Å². The van der Waals surface area contributed by atoms with Crippen LogP contribution in [-0.2, 0) is 14.2 Å². The molecule has 2 saturated heterocycles. The van der Waals surface area contributed by atoms with Crippen LogP contribution in [0.1, 0.15) is 0 Å². The summed E-state index contributed by atoms with van der Waals surface area (Å²) >= 11 is 0. The fraction of sp³-hybridized carbons (Fsp3) is 1.00. The second-order valence-electron chi connectivity index (χ2n) is 5.53. The van der Waals surface area contributed by atoms with Crippen LogP contribution in [0.15, 0.2) is 0 Å². The SMILES string of the molecule is OC[C@@H](O)[C@@H]1O[C@@H](O)[C@H](O)[C@@H]1O[C@@H]1O[C@@H]([C@@H](O)CO)[C@@H](O)[C@H]1O. The molecular formula is C12H22O11. The Morgan fingerprint density at radius 1 is 0.783 bits per heavy atom. The van der Waals surface area contributed by atoms with Gasteiger partial charge in [0.05, 0.1) is 13.2 Å². The Bertz CT molecular complexity index is 382. The Kier molecular flexibility index (Phi) is 6.27. The molecule has 8 N–H and O–H groups in total. The van der Waals surface area contributed by atoms with E-state index in [1.165, 1.54) is 0 Å². The van der Waals surface area contributed by atoms with Crippen molar-refractivity contribution in [2.75, 3.05) is 13.2 Å². The van der Waals surface area contributed by atoms with Crippen LogP contribution in [0.5, 0.6) is 0 Å². The molecule has 2 heterocycles. The zero-order valence-corrected chi connectivity index (χ0v) is 12.0. The van der Waals surface area contributed by atoms with Crippen molar-refractivity contribution in [1.29, 1.82) is 0 Å². The Hall–Kier alpha value is -0.440. The van der Waals surface area contributed by atoms with Crippen LogP contribution >= 0.6 is 0 Å². The highest BCUT2D eigenvalue weighted by molar-refractivity contribution is 4.95. The van der Waals surface area contributed by atoms with E-state index in [-0.39, 0.29) is 0 Å². The maximum atomic E-state index is 9.88. The van der Waals surface area contributed by atoms with Gasteiger partial charge in [0.25, 0.3) is 0 Å². The Morgan fingerprint density at radius 3 is 1.91 bits per heavy atom. The predicted octanol–water partition coefficient (Wildman–Crippen LogP) is -5.40. The average molecular weight is 342 g/mol. The highest BCUT2D eigenvalue weighted by atomic mass is 16.7. The van der Waals surface area contributed by atoms with Crippen molar-refractivity contribution in [2.45, 2.75) is 61.4 Å². The fourth-order valence-corrected chi connectivity index (χ4v) is 2.61. The molecule has 11 heteroatoms. The normalized spacial score (nSPS) is 47.0. The molecule has 2 aliphatic heterocycles. The standard InChI is InChI=1S/C12H22O11/c13-1-3(15)8-5(17)6(18)12(22-8)23-10-7(19)11(20)21-9(10)4(16)2-14/h3-20H,1-2H2/t3-,4+,5-,6+,7+,8-,9-,10-,11+,12-/m0/s1. The first-order valence-electron chi connectivity index (χ1n) is 7.08. The summed E-state index contributed by atoms with van der Waals surface area (Å²) in [4.78, 5) is 0. The molecular weight excluding hydrogens is 320 g/mol. The maximum Gasteiger partial charge on any atom is 0.187 e. The molecule has 0 amide bonds. The molecule has 2 fully saturated rings. The van der Waals surface area contributed by atoms with E-state index in [1.807, 2.05) is 0 Å². The van der Waals surface area contributed by atoms with Crippen molar-refractivity contribution in [3.63, 3.8) is 0 Å². The monoisotopic (exact) mass is 342 g/mol. The first kappa shape index (κ1) is 18.9. The molecule has 10 atom stereocenters. The van der Waals surface area contributed by atoms with Crippen molar-refractivity contribution >= 4 is 0 Å². The van der Waals surface area contributed by atoms with E-state index in [2.05, 4.69) is 0 Å². The fourth-order valence-electron chi connectivity index (χ4n) is 2.61. The molecule has 2 rings (SSSR count). The van der Waals surface area contributed by atoms with E-state index < -0.39 is 74.6 Å². The van der Waals surface area contributed by atoms with Gasteiger partial charge in [-0.2, -0.15) is 0 Å². The van der Waals surface area contributed by atoms with Crippen molar-refractivity contribution in [2.24, 2.45) is 0 Å². The van der Waals surface area contributed by atoms with E-state index in [0.29, 0.717) is 0 Å². The maximum absolute atomic E-state index is 9.88. The first-order chi connectivity index (χ1) is 10.8. The lowest BCUT2D eigenvalue weighted by atomic mass is 10.1. The molecule has 0 aromatic rings. The molecule has 11 nitrogen and oxygen atoms in total. The van der Waals surface area contributed by atoms with E-state index in [1.54, 1.807) is 0 Å². The largest absolute Gasteiger partial charge is 0.394 e. The smallest absolute Gasteiger partial charge is 0.187 e. The zero-order chi connectivity index (χ0) is 17.3. The van der Waals surface area contributed by atoms with Crippen LogP contribution < -0.4 is 0 Å². The van der Waals surface area contributed by atoms with E-state index in [0.717, 1.165) is 0 Å². The van der Waals surface area contributed by atoms with Crippen molar-refractivity contribution in [3.8, 4) is 0 Å². The van der Waals surface area contributed by atoms with Crippen molar-refractivity contribution < 1.29 is 55.1 Å². The summed E-state index contributed by atoms with van der Waals surface area (Å²) < 4.78 is 15.3. The number of hydrogen-bond donors (Lipinski definition) is 8. The number of hydrogen-bond acceptors (Lipinski definition) is 11. The summed E-state index contributed by atoms with van der Waals surface area (Å²) in [5.41, 5.74) is 0. The zero-order valence-electron chi connectivity index (χ0n) is 12.0. The Labute approximate surface area is 130 Å². The van der Waals surface area contributed by atoms with Gasteiger partial charge in [0.1, 0.15) is 48.8 Å². The van der Waals surface area contributed by atoms with Gasteiger partial charge in [-0.25, -0.2) is 0 Å². The lowest BCUT2D eigenvalue weighted by Crippen LogP contribution is -2.46. The molecule has 0 aliphatic carbocycles. The number of aliphatic hydroxyl groups is 8. The second kappa shape index (κ2) is 7.63. The first-order valence-corrected chi connectivity index (χ1v) is 7.08. The topological polar surface area (TPSA) is 190 Å². The number of rotatable bonds is 6. The lowest BCUT2D eigenvalue weighted by Gasteiger charge is -2.27. The predicted molar refractivity (Wildman–Crippen MR) is 68.6 cm³/mol. The summed E-state index contributed by atoms with van der Waals surface area (Å²) in [7, 11) is 0. The van der Waals surface area contributed by atoms with Crippen LogP contribution in [0.25, 0.3) is 0 Å². The summed E-state index contributed by atoms with van der Waals surface area (Å²) in [6.45, 7) is -1.45. The van der Waals surface area contributed by atoms with Gasteiger partial charge in [-0.1, -0.05) is 0 Å². The third kappa shape index (κ3) is 3.65. The Morgan fingerprint density at radius 2 is 1.35 bits per heavy atom. The third-order valence-corrected chi connectivity index (χ3v) is 3.93. The molecule has 2 aliphatic rings. The minimum Gasteiger partial charge on any atom is -0.394 e. The van der Waals surface area contributed by atoms with Crippen LogP contribution in [0.4, 0.5) is 0 Å². The Balaban J connectivity index is 2.07. The second-order valence-corrected chi connectivity index (χ2v) is 5.53. The average Bonchev–Trinajstić information content (AvgIpc) is 2.98. The molecule has 0 saturated carbocycles. The van der Waals surface area contributed by atoms with Crippen molar-refractivity contribution in [1.82, 2.24) is 0 Å². The summed E-state index contributed by atoms with van der Waals surface area (Å²) in [5.74, 6) is 0. The van der Waals surface area contributed by atoms with E-state index >= 15 is 0 Å². The van der Waals surface area contributed by atoms with Crippen LogP contribution in [0.2, 0.25) is 0 Å². The highest BCUT2D eigenvalue weighted by Crippen LogP contribution is 2.31. The third-order valence-electron chi connectivity index (χ3n) is 3.93. The molecule has 23 heavy (non-hydrogen) atoms. The van der Waals surface area contributed by atoms with E-state index in [4.69, 9.17) is 24.4 Å². The molecule has 0 radical (unpaired) electrons. The van der Waals surface area contributed by atoms with Gasteiger partial charge >= 0.3 is 0 Å². The van der Waals surface area contributed by atoms with Gasteiger partial charge in [-0.05, 0) is 0 Å². The summed E-state index contributed by atoms with van der Waals surface area (Å²) in [6, 6.07) is 0. The van der Waals surface area contributed by atoms with E-state index in [9.17, 15) is 30.6 Å². The van der Waals surface area contributed by atoms with Gasteiger partial charge in [-0.15, -0.1) is 0 Å². The molecule has 0 bridgehead atoms. The summed E-state index contributed by atoms with van der Waals surface area (Å²) in [6.07, 6.45) is -14.9.